The summed E-state index contributed by atoms with van der Waals surface area (Å²) in [5.74, 6) is 2.15. The summed E-state index contributed by atoms with van der Waals surface area (Å²) in [6.45, 7) is 4.40. The lowest BCUT2D eigenvalue weighted by atomic mass is 9.95. The first-order valence-corrected chi connectivity index (χ1v) is 42.4. The molecule has 15 aromatic rings. The van der Waals surface area contributed by atoms with Crippen molar-refractivity contribution in [1.29, 1.82) is 0 Å². The number of carbonyl (C=O) groups excluding carboxylic acids is 1. The number of nitrogens with two attached hydrogens (primary N) is 1. The van der Waals surface area contributed by atoms with Crippen molar-refractivity contribution in [2.75, 3.05) is 45.9 Å². The molecule has 2 saturated heterocycles. The number of aliphatic hydroxyl groups is 2. The Labute approximate surface area is 699 Å². The number of carbonyl (C=O) groups is 1. The van der Waals surface area contributed by atoms with Gasteiger partial charge in [0.1, 0.15) is 18.8 Å². The predicted molar refractivity (Wildman–Crippen MR) is 474 cm³/mol. The molecule has 0 bridgehead atoms. The standard InChI is InChI=1S/C25H22N2O4S.C23H20N2O5S.C23H22N2O3S.C19H20N2O.C3H4.2CH4.2H2/c28-25-17-31-24(16-26-25)22-9-5-4-6-19(22)14-18-10-11-23-20(15-18)12-13-27(23)32(29,30)21-7-2-1-3-8-21;26-23(16-25(27)28)21-9-5-4-6-18(21)14-17-10-11-22-19(15-17)12-13-24(22)31(29,30)20-7-2-1-3-8-20;24-16-23(26)21-9-5-4-6-18(21)14-17-10-11-22-19(15-17)12-13-25(22)29(27,28)20-7-2-1-3-8-20;1-2-4-17(19-13-20-9-10-22-19)15(3-1)11-14-5-6-18-16(12-14)7-8-21-18;1-3-2;;;;/h1-13,15,24H,14,16-17H2,(H,26,28);1-13,15,23,26H,14,16H2;1-13,15,23,26H,14,16,24H2;1-8,12,19-21H,9-11,13H2;1H,2H3;2*1H4;2*1H/i;;;;;;;1+1D;1+1. The van der Waals surface area contributed by atoms with Crippen molar-refractivity contribution in [2.45, 2.75) is 86.6 Å². The molecule has 2 aliphatic rings. The highest BCUT2D eigenvalue weighted by molar-refractivity contribution is 7.90. The number of nitro groups is 1. The fraction of sp³-hybridized carbons (Fsp3) is 0.189. The molecule has 17 rings (SSSR count). The lowest BCUT2D eigenvalue weighted by molar-refractivity contribution is -0.491. The van der Waals surface area contributed by atoms with Gasteiger partial charge >= 0.3 is 0 Å². The first-order chi connectivity index (χ1) is 57.7. The third-order valence-corrected chi connectivity index (χ3v) is 25.4. The van der Waals surface area contributed by atoms with Gasteiger partial charge in [0.25, 0.3) is 30.1 Å². The lowest BCUT2D eigenvalue weighted by Gasteiger charge is -2.26. The molecule has 0 saturated carbocycles. The Hall–Kier alpha value is -12.4. The van der Waals surface area contributed by atoms with Crippen LogP contribution in [0.3, 0.4) is 0 Å². The molecule has 0 spiro atoms. The Morgan fingerprint density at radius 3 is 1.27 bits per heavy atom. The third-order valence-electron chi connectivity index (χ3n) is 20.3. The van der Waals surface area contributed by atoms with Gasteiger partial charge in [-0.15, -0.1) is 12.3 Å². The molecule has 21 nitrogen and oxygen atoms in total. The van der Waals surface area contributed by atoms with Gasteiger partial charge in [0.15, 0.2) is 0 Å². The van der Waals surface area contributed by atoms with Gasteiger partial charge in [0.05, 0.1) is 50.1 Å². The molecular weight excluding hydrogens is 1560 g/mol. The minimum atomic E-state index is -3.70. The van der Waals surface area contributed by atoms with Crippen LogP contribution in [0.4, 0.5) is 0 Å². The highest BCUT2D eigenvalue weighted by atomic mass is 32.2. The molecular formula is C95H100N8O13S3. The average molecular weight is 1660 g/mol. The maximum Gasteiger partial charge on any atom is 0.268 e. The number of hydrogen-bond donors (Lipinski definition) is 6. The maximum atomic E-state index is 13.0. The molecule has 7 N–H and O–H groups in total. The molecule has 0 radical (unpaired) electrons. The zero-order valence-corrected chi connectivity index (χ0v) is 66.5. The van der Waals surface area contributed by atoms with Crippen molar-refractivity contribution in [1.82, 2.24) is 27.5 Å². The number of ether oxygens (including phenoxy) is 2. The number of morpholine rings is 2. The fourth-order valence-electron chi connectivity index (χ4n) is 14.6. The second-order valence-corrected chi connectivity index (χ2v) is 33.6. The van der Waals surface area contributed by atoms with Gasteiger partial charge in [-0.05, 0) is 214 Å². The van der Waals surface area contributed by atoms with Crippen LogP contribution in [0.25, 0.3) is 43.6 Å². The van der Waals surface area contributed by atoms with Crippen LogP contribution >= 0.6 is 0 Å². The minimum Gasteiger partial charge on any atom is -0.387 e. The summed E-state index contributed by atoms with van der Waals surface area (Å²) in [6.07, 6.45) is 12.1. The Balaban J connectivity index is 0.000000181. The number of H-pyrrole nitrogens is 1. The number of nitrogens with one attached hydrogen (secondary N) is 3. The third kappa shape index (κ3) is 21.0. The summed E-state index contributed by atoms with van der Waals surface area (Å²) < 4.78 is 104. The average Bonchev–Trinajstić information content (AvgIpc) is 1.62. The first kappa shape index (κ1) is 86.0. The molecule has 4 atom stereocenters. The summed E-state index contributed by atoms with van der Waals surface area (Å²) in [6, 6.07) is 87.7. The zero-order valence-electron chi connectivity index (χ0n) is 66.1. The van der Waals surface area contributed by atoms with Crippen LogP contribution in [-0.2, 0) is 70.0 Å². The van der Waals surface area contributed by atoms with Gasteiger partial charge in [0, 0.05) is 82.0 Å². The van der Waals surface area contributed by atoms with Crippen LogP contribution in [0.15, 0.2) is 325 Å². The molecule has 4 unspecified atom stereocenters. The van der Waals surface area contributed by atoms with E-state index in [1.165, 1.54) is 45.7 Å². The molecule has 616 valence electrons. The summed E-state index contributed by atoms with van der Waals surface area (Å²) in [5, 5.41) is 41.2. The van der Waals surface area contributed by atoms with Crippen molar-refractivity contribution in [3.8, 4) is 12.3 Å². The fourth-order valence-corrected chi connectivity index (χ4v) is 18.7. The first-order valence-electron chi connectivity index (χ1n) is 39.1. The quantitative estimate of drug-likeness (QED) is 0.0221. The molecule has 4 aromatic heterocycles. The van der Waals surface area contributed by atoms with Crippen molar-refractivity contribution in [3.05, 3.63) is 387 Å². The number of rotatable bonds is 21. The molecule has 6 heterocycles. The van der Waals surface area contributed by atoms with E-state index in [4.69, 9.17) is 18.2 Å². The Bertz CT molecular complexity index is 6390. The Morgan fingerprint density at radius 1 is 0.504 bits per heavy atom. The van der Waals surface area contributed by atoms with Crippen molar-refractivity contribution < 1.29 is 59.1 Å². The normalized spacial score (nSPS) is 14.5. The van der Waals surface area contributed by atoms with Crippen LogP contribution in [0.1, 0.15) is 117 Å². The monoisotopic (exact) mass is 1660 g/mol. The van der Waals surface area contributed by atoms with E-state index in [9.17, 15) is 50.4 Å². The minimum absolute atomic E-state index is 0. The second kappa shape index (κ2) is 40.2. The van der Waals surface area contributed by atoms with E-state index in [0.717, 1.165) is 86.8 Å². The highest BCUT2D eigenvalue weighted by Gasteiger charge is 2.27. The van der Waals surface area contributed by atoms with E-state index >= 15 is 0 Å². The van der Waals surface area contributed by atoms with Crippen molar-refractivity contribution in [2.24, 2.45) is 5.73 Å². The molecule has 24 heteroatoms. The zero-order chi connectivity index (χ0) is 84.1. The summed E-state index contributed by atoms with van der Waals surface area (Å²) in [4.78, 5) is 25.6. The van der Waals surface area contributed by atoms with E-state index in [-0.39, 0.29) is 62.2 Å². The van der Waals surface area contributed by atoms with Crippen molar-refractivity contribution >= 4 is 79.6 Å². The van der Waals surface area contributed by atoms with Crippen LogP contribution in [-0.4, -0.2) is 109 Å². The van der Waals surface area contributed by atoms with Gasteiger partial charge in [-0.25, -0.2) is 37.2 Å². The number of nitrogens with zero attached hydrogens (tertiary/aromatic N) is 4. The largest absolute Gasteiger partial charge is 0.387 e. The number of aromatic amines is 1. The highest BCUT2D eigenvalue weighted by Crippen LogP contribution is 2.33. The number of benzene rings is 11. The van der Waals surface area contributed by atoms with Gasteiger partial charge in [-0.2, -0.15) is 0 Å². The van der Waals surface area contributed by atoms with E-state index in [2.05, 4.69) is 82.6 Å². The molecule has 1 amide bonds. The number of amides is 1. The van der Waals surface area contributed by atoms with E-state index in [1.54, 1.807) is 141 Å². The van der Waals surface area contributed by atoms with Gasteiger partial charge in [-0.1, -0.05) is 191 Å². The summed E-state index contributed by atoms with van der Waals surface area (Å²) >= 11 is 0. The molecule has 11 aromatic carbocycles. The number of terminal acetylenes is 1. The molecule has 0 aliphatic carbocycles. The van der Waals surface area contributed by atoms with Gasteiger partial charge in [-0.3, -0.25) is 14.9 Å². The Morgan fingerprint density at radius 2 is 0.874 bits per heavy atom. The Kier molecular flexibility index (Phi) is 29.0. The van der Waals surface area contributed by atoms with E-state index in [0.29, 0.717) is 47.9 Å². The summed E-state index contributed by atoms with van der Waals surface area (Å²) in [5.41, 5.74) is 20.9. The molecule has 119 heavy (non-hydrogen) atoms. The summed E-state index contributed by atoms with van der Waals surface area (Å²) in [7, 11) is -11.0. The maximum absolute atomic E-state index is 13.0. The lowest BCUT2D eigenvalue weighted by Crippen LogP contribution is -2.39. The second-order valence-electron chi connectivity index (χ2n) is 28.1. The van der Waals surface area contributed by atoms with Gasteiger partial charge in [0.2, 0.25) is 12.5 Å². The number of aliphatic hydroxyl groups excluding tert-OH is 2. The number of fused-ring (bicyclic) bond motifs is 4. The smallest absolute Gasteiger partial charge is 0.268 e. The number of hydrogen-bond acceptors (Lipinski definition) is 15. The van der Waals surface area contributed by atoms with Gasteiger partial charge < -0.3 is 41.0 Å². The van der Waals surface area contributed by atoms with Crippen molar-refractivity contribution in [3.63, 3.8) is 0 Å². The van der Waals surface area contributed by atoms with E-state index in [1.807, 2.05) is 115 Å². The van der Waals surface area contributed by atoms with Crippen LogP contribution < -0.4 is 16.4 Å². The van der Waals surface area contributed by atoms with Crippen LogP contribution in [0, 0.1) is 22.5 Å². The number of aromatic nitrogens is 4. The molecule has 2 aliphatic heterocycles. The molecule has 2 fully saturated rings. The van der Waals surface area contributed by atoms with E-state index < -0.39 is 53.7 Å². The van der Waals surface area contributed by atoms with Crippen LogP contribution in [0.2, 0.25) is 0 Å². The predicted octanol–water partition coefficient (Wildman–Crippen LogP) is 16.7. The van der Waals surface area contributed by atoms with Crippen LogP contribution in [0.5, 0.6) is 0 Å². The topological polar surface area (TPSA) is 302 Å². The SMILES string of the molecule is C.C.C#CC.NCC(O)c1ccccc1Cc1ccc2c(ccn2S(=O)(=O)c2ccccc2)c1.O=C1COC(c2ccccc2Cc2ccc3c(ccn3S(=O)(=O)c3ccccc3)c2)CN1.O=[N+]([O-])CC(O)c1ccccc1Cc1ccc2c(ccn2S(=O)(=O)c2ccccc2)c1.[2HH].[2H][2H].c1ccc(C2CNCCO2)c(Cc2ccc3[nH]ccc3c2)c1.